The van der Waals surface area contributed by atoms with Gasteiger partial charge in [-0.1, -0.05) is 12.1 Å². The first-order chi connectivity index (χ1) is 9.72. The van der Waals surface area contributed by atoms with Gasteiger partial charge in [0.25, 0.3) is 5.91 Å². The summed E-state index contributed by atoms with van der Waals surface area (Å²) in [5, 5.41) is 18.5. The van der Waals surface area contributed by atoms with Gasteiger partial charge in [-0.3, -0.25) is 4.79 Å². The van der Waals surface area contributed by atoms with Crippen LogP contribution in [-0.2, 0) is 4.79 Å². The SMILES string of the molecule is O=C(COc1ccccc1O)N(CCCO)C1CCC1. The third-order valence-electron chi connectivity index (χ3n) is 3.61. The second-order valence-corrected chi connectivity index (χ2v) is 5.01. The van der Waals surface area contributed by atoms with Crippen molar-refractivity contribution in [1.82, 2.24) is 4.90 Å². The van der Waals surface area contributed by atoms with Crippen LogP contribution in [0.5, 0.6) is 11.5 Å². The van der Waals surface area contributed by atoms with Crippen molar-refractivity contribution in [1.29, 1.82) is 0 Å². The molecule has 5 nitrogen and oxygen atoms in total. The molecule has 1 aliphatic carbocycles. The van der Waals surface area contributed by atoms with E-state index in [4.69, 9.17) is 9.84 Å². The molecule has 0 aliphatic heterocycles. The predicted molar refractivity (Wildman–Crippen MR) is 74.7 cm³/mol. The van der Waals surface area contributed by atoms with E-state index in [1.807, 2.05) is 0 Å². The van der Waals surface area contributed by atoms with Gasteiger partial charge in [0.2, 0.25) is 0 Å². The van der Waals surface area contributed by atoms with Crippen LogP contribution in [0.25, 0.3) is 0 Å². The molecule has 1 amide bonds. The molecule has 0 atom stereocenters. The third-order valence-corrected chi connectivity index (χ3v) is 3.61. The van der Waals surface area contributed by atoms with Crippen LogP contribution >= 0.6 is 0 Å². The van der Waals surface area contributed by atoms with Gasteiger partial charge in [-0.15, -0.1) is 0 Å². The molecule has 2 N–H and O–H groups in total. The molecule has 20 heavy (non-hydrogen) atoms. The van der Waals surface area contributed by atoms with E-state index in [0.717, 1.165) is 19.3 Å². The molecular formula is C15H21NO4. The van der Waals surface area contributed by atoms with E-state index in [-0.39, 0.29) is 30.9 Å². The van der Waals surface area contributed by atoms with Crippen molar-refractivity contribution in [2.24, 2.45) is 0 Å². The van der Waals surface area contributed by atoms with E-state index in [2.05, 4.69) is 0 Å². The van der Waals surface area contributed by atoms with Gasteiger partial charge in [-0.05, 0) is 37.8 Å². The second kappa shape index (κ2) is 7.14. The Morgan fingerprint density at radius 3 is 2.70 bits per heavy atom. The fraction of sp³-hybridized carbons (Fsp3) is 0.533. The summed E-state index contributed by atoms with van der Waals surface area (Å²) in [5.74, 6) is 0.258. The van der Waals surface area contributed by atoms with E-state index in [9.17, 15) is 9.90 Å². The summed E-state index contributed by atoms with van der Waals surface area (Å²) in [6.07, 6.45) is 3.77. The second-order valence-electron chi connectivity index (χ2n) is 5.01. The Balaban J connectivity index is 1.89. The minimum absolute atomic E-state index is 0.0332. The van der Waals surface area contributed by atoms with Crippen molar-refractivity contribution in [2.45, 2.75) is 31.7 Å². The number of hydrogen-bond donors (Lipinski definition) is 2. The van der Waals surface area contributed by atoms with Crippen LogP contribution in [0.15, 0.2) is 24.3 Å². The lowest BCUT2D eigenvalue weighted by atomic mass is 9.91. The average molecular weight is 279 g/mol. The Morgan fingerprint density at radius 2 is 2.10 bits per heavy atom. The van der Waals surface area contributed by atoms with Crippen LogP contribution in [0.2, 0.25) is 0 Å². The summed E-state index contributed by atoms with van der Waals surface area (Å²) in [7, 11) is 0. The molecule has 5 heteroatoms. The lowest BCUT2D eigenvalue weighted by molar-refractivity contribution is -0.137. The highest BCUT2D eigenvalue weighted by Crippen LogP contribution is 2.26. The number of para-hydroxylation sites is 2. The molecular weight excluding hydrogens is 258 g/mol. The number of aliphatic hydroxyl groups is 1. The largest absolute Gasteiger partial charge is 0.504 e. The monoisotopic (exact) mass is 279 g/mol. The fourth-order valence-corrected chi connectivity index (χ4v) is 2.25. The van der Waals surface area contributed by atoms with E-state index in [1.165, 1.54) is 6.07 Å². The number of carbonyl (C=O) groups excluding carboxylic acids is 1. The van der Waals surface area contributed by atoms with Gasteiger partial charge in [0.15, 0.2) is 18.1 Å². The van der Waals surface area contributed by atoms with Gasteiger partial charge in [-0.2, -0.15) is 0 Å². The molecule has 110 valence electrons. The number of amides is 1. The zero-order valence-electron chi connectivity index (χ0n) is 11.5. The first-order valence-corrected chi connectivity index (χ1v) is 7.03. The highest BCUT2D eigenvalue weighted by molar-refractivity contribution is 5.78. The van der Waals surface area contributed by atoms with Gasteiger partial charge in [0, 0.05) is 19.2 Å². The smallest absolute Gasteiger partial charge is 0.260 e. The zero-order valence-corrected chi connectivity index (χ0v) is 11.5. The van der Waals surface area contributed by atoms with Crippen molar-refractivity contribution in [3.8, 4) is 11.5 Å². The number of carbonyl (C=O) groups is 1. The van der Waals surface area contributed by atoms with Gasteiger partial charge >= 0.3 is 0 Å². The number of phenols is 1. The minimum Gasteiger partial charge on any atom is -0.504 e. The number of benzene rings is 1. The molecule has 1 fully saturated rings. The summed E-state index contributed by atoms with van der Waals surface area (Å²) < 4.78 is 5.37. The molecule has 0 unspecified atom stereocenters. The highest BCUT2D eigenvalue weighted by atomic mass is 16.5. The lowest BCUT2D eigenvalue weighted by Gasteiger charge is -2.37. The molecule has 0 aromatic heterocycles. The Bertz CT molecular complexity index is 445. The molecule has 0 bridgehead atoms. The Kier molecular flexibility index (Phi) is 5.24. The van der Waals surface area contributed by atoms with Crippen molar-refractivity contribution >= 4 is 5.91 Å². The Morgan fingerprint density at radius 1 is 1.35 bits per heavy atom. The third kappa shape index (κ3) is 3.63. The number of nitrogens with zero attached hydrogens (tertiary/aromatic N) is 1. The van der Waals surface area contributed by atoms with Gasteiger partial charge in [0.05, 0.1) is 0 Å². The van der Waals surface area contributed by atoms with Gasteiger partial charge < -0.3 is 19.8 Å². The van der Waals surface area contributed by atoms with Crippen molar-refractivity contribution in [3.05, 3.63) is 24.3 Å². The maximum atomic E-state index is 12.2. The maximum Gasteiger partial charge on any atom is 0.260 e. The summed E-state index contributed by atoms with van der Waals surface area (Å²) in [5.41, 5.74) is 0. The van der Waals surface area contributed by atoms with Crippen LogP contribution in [0, 0.1) is 0 Å². The van der Waals surface area contributed by atoms with E-state index in [1.54, 1.807) is 23.1 Å². The highest BCUT2D eigenvalue weighted by Gasteiger charge is 2.28. The lowest BCUT2D eigenvalue weighted by Crippen LogP contribution is -2.46. The van der Waals surface area contributed by atoms with E-state index >= 15 is 0 Å². The molecule has 1 aromatic carbocycles. The standard InChI is InChI=1S/C15H21NO4/c17-10-4-9-16(12-5-3-6-12)15(19)11-20-14-8-2-1-7-13(14)18/h1-2,7-8,12,17-18H,3-6,9-11H2. The van der Waals surface area contributed by atoms with Crippen LogP contribution in [0.3, 0.4) is 0 Å². The summed E-state index contributed by atoms with van der Waals surface area (Å²) in [4.78, 5) is 14.0. The maximum absolute atomic E-state index is 12.2. The number of ether oxygens (including phenoxy) is 1. The topological polar surface area (TPSA) is 70.0 Å². The Labute approximate surface area is 118 Å². The first kappa shape index (κ1) is 14.7. The van der Waals surface area contributed by atoms with Gasteiger partial charge in [0.1, 0.15) is 0 Å². The number of aromatic hydroxyl groups is 1. The number of phenolic OH excluding ortho intramolecular Hbond substituents is 1. The van der Waals surface area contributed by atoms with E-state index in [0.29, 0.717) is 18.7 Å². The molecule has 2 rings (SSSR count). The molecule has 0 heterocycles. The molecule has 1 saturated carbocycles. The number of aliphatic hydroxyl groups excluding tert-OH is 1. The summed E-state index contributed by atoms with van der Waals surface area (Å²) >= 11 is 0. The number of rotatable bonds is 7. The quantitative estimate of drug-likeness (QED) is 0.794. The van der Waals surface area contributed by atoms with Crippen LogP contribution in [0.1, 0.15) is 25.7 Å². The molecule has 1 aromatic rings. The van der Waals surface area contributed by atoms with E-state index < -0.39 is 0 Å². The van der Waals surface area contributed by atoms with Crippen molar-refractivity contribution in [2.75, 3.05) is 19.8 Å². The predicted octanol–water partition coefficient (Wildman–Crippen LogP) is 1.53. The summed E-state index contributed by atoms with van der Waals surface area (Å²) in [6, 6.07) is 6.88. The molecule has 0 spiro atoms. The Hall–Kier alpha value is -1.75. The normalized spacial score (nSPS) is 14.7. The summed E-state index contributed by atoms with van der Waals surface area (Å²) in [6.45, 7) is 0.556. The minimum atomic E-state index is -0.0913. The van der Waals surface area contributed by atoms with Crippen LogP contribution < -0.4 is 4.74 Å². The van der Waals surface area contributed by atoms with Gasteiger partial charge in [-0.25, -0.2) is 0 Å². The van der Waals surface area contributed by atoms with Crippen molar-refractivity contribution in [3.63, 3.8) is 0 Å². The van der Waals surface area contributed by atoms with Crippen LogP contribution in [0.4, 0.5) is 0 Å². The number of hydrogen-bond acceptors (Lipinski definition) is 4. The molecule has 0 radical (unpaired) electrons. The first-order valence-electron chi connectivity index (χ1n) is 7.03. The average Bonchev–Trinajstić information content (AvgIpc) is 2.40. The zero-order chi connectivity index (χ0) is 14.4. The fourth-order valence-electron chi connectivity index (χ4n) is 2.25. The molecule has 0 saturated heterocycles. The van der Waals surface area contributed by atoms with Crippen molar-refractivity contribution < 1.29 is 19.7 Å². The molecule has 1 aliphatic rings. The van der Waals surface area contributed by atoms with Crippen LogP contribution in [-0.4, -0.2) is 46.8 Å².